The third kappa shape index (κ3) is 7.55. The van der Waals surface area contributed by atoms with Crippen LogP contribution in [0, 0.1) is 11.8 Å². The molecule has 0 aromatic heterocycles. The molecule has 0 aliphatic heterocycles. The highest BCUT2D eigenvalue weighted by atomic mass is 16.2. The molecular formula is C11H19O. The second-order valence-electron chi connectivity index (χ2n) is 3.48. The lowest BCUT2D eigenvalue weighted by Gasteiger charge is -2.00. The van der Waals surface area contributed by atoms with Gasteiger partial charge in [-0.2, -0.15) is 0 Å². The molecule has 1 radical (unpaired) electrons. The Morgan fingerprint density at radius 1 is 1.08 bits per heavy atom. The van der Waals surface area contributed by atoms with Crippen LogP contribution in [-0.4, -0.2) is 6.61 Å². The van der Waals surface area contributed by atoms with Crippen LogP contribution < -0.4 is 0 Å². The summed E-state index contributed by atoms with van der Waals surface area (Å²) < 4.78 is 0. The van der Waals surface area contributed by atoms with Crippen molar-refractivity contribution >= 4 is 0 Å². The van der Waals surface area contributed by atoms with Crippen molar-refractivity contribution in [3.05, 3.63) is 24.3 Å². The van der Waals surface area contributed by atoms with Crippen molar-refractivity contribution in [2.24, 2.45) is 11.8 Å². The van der Waals surface area contributed by atoms with Crippen LogP contribution in [0.2, 0.25) is 0 Å². The van der Waals surface area contributed by atoms with Crippen LogP contribution in [0.4, 0.5) is 0 Å². The quantitative estimate of drug-likeness (QED) is 0.560. The fraction of sp³-hybridized carbons (Fsp3) is 0.636. The Balaban J connectivity index is 3.56. The molecule has 0 saturated carbocycles. The fourth-order valence-electron chi connectivity index (χ4n) is 0.932. The molecule has 0 aliphatic rings. The largest absolute Gasteiger partial charge is 0.232 e. The molecule has 0 heterocycles. The molecule has 0 saturated heterocycles. The van der Waals surface area contributed by atoms with Gasteiger partial charge in [0.1, 0.15) is 6.61 Å². The maximum absolute atomic E-state index is 10.1. The van der Waals surface area contributed by atoms with Crippen molar-refractivity contribution in [2.75, 3.05) is 6.61 Å². The SMILES string of the molecule is CC(C)/C=C/CC(C)/C=C/C[O]. The number of hydrogen-bond acceptors (Lipinski definition) is 0. The minimum Gasteiger partial charge on any atom is -0.232 e. The van der Waals surface area contributed by atoms with Crippen molar-refractivity contribution in [2.45, 2.75) is 27.2 Å². The first-order chi connectivity index (χ1) is 5.66. The van der Waals surface area contributed by atoms with E-state index in [1.165, 1.54) is 0 Å². The van der Waals surface area contributed by atoms with E-state index in [2.05, 4.69) is 32.9 Å². The van der Waals surface area contributed by atoms with Crippen LogP contribution in [0.1, 0.15) is 27.2 Å². The topological polar surface area (TPSA) is 19.9 Å². The molecule has 0 spiro atoms. The summed E-state index contributed by atoms with van der Waals surface area (Å²) in [6.07, 6.45) is 9.09. The van der Waals surface area contributed by atoms with E-state index in [0.29, 0.717) is 11.8 Å². The summed E-state index contributed by atoms with van der Waals surface area (Å²) in [5.74, 6) is 1.12. The molecule has 0 N–H and O–H groups in total. The van der Waals surface area contributed by atoms with Gasteiger partial charge in [-0.1, -0.05) is 45.1 Å². The van der Waals surface area contributed by atoms with E-state index in [1.807, 2.05) is 6.08 Å². The first kappa shape index (κ1) is 11.4. The van der Waals surface area contributed by atoms with E-state index >= 15 is 0 Å². The molecule has 1 atom stereocenters. The van der Waals surface area contributed by atoms with Crippen molar-refractivity contribution < 1.29 is 5.11 Å². The van der Waals surface area contributed by atoms with Gasteiger partial charge in [-0.3, -0.25) is 0 Å². The van der Waals surface area contributed by atoms with Crippen LogP contribution in [0.25, 0.3) is 0 Å². The standard InChI is InChI=1S/C11H19O/c1-10(2)6-4-7-11(3)8-5-9-12/h4-6,8,10-11H,7,9H2,1-3H3/b6-4+,8-5+. The molecular weight excluding hydrogens is 148 g/mol. The molecule has 0 aliphatic carbocycles. The van der Waals surface area contributed by atoms with Crippen LogP contribution in [-0.2, 0) is 5.11 Å². The zero-order chi connectivity index (χ0) is 9.40. The molecule has 69 valence electrons. The Morgan fingerprint density at radius 3 is 2.25 bits per heavy atom. The van der Waals surface area contributed by atoms with Crippen molar-refractivity contribution in [3.63, 3.8) is 0 Å². The van der Waals surface area contributed by atoms with E-state index in [9.17, 15) is 5.11 Å². The predicted molar refractivity (Wildman–Crippen MR) is 52.5 cm³/mol. The van der Waals surface area contributed by atoms with E-state index in [0.717, 1.165) is 6.42 Å². The summed E-state index contributed by atoms with van der Waals surface area (Å²) in [4.78, 5) is 0. The average Bonchev–Trinajstić information content (AvgIpc) is 2.00. The first-order valence-electron chi connectivity index (χ1n) is 4.58. The first-order valence-corrected chi connectivity index (χ1v) is 4.58. The number of hydrogen-bond donors (Lipinski definition) is 0. The average molecular weight is 167 g/mol. The second kappa shape index (κ2) is 7.11. The summed E-state index contributed by atoms with van der Waals surface area (Å²) >= 11 is 0. The van der Waals surface area contributed by atoms with Gasteiger partial charge in [0, 0.05) is 0 Å². The van der Waals surface area contributed by atoms with Crippen molar-refractivity contribution in [1.82, 2.24) is 0 Å². The third-order valence-electron chi connectivity index (χ3n) is 1.59. The van der Waals surface area contributed by atoms with Crippen LogP contribution in [0.15, 0.2) is 24.3 Å². The lowest BCUT2D eigenvalue weighted by Crippen LogP contribution is -1.87. The van der Waals surface area contributed by atoms with Crippen LogP contribution >= 0.6 is 0 Å². The minimum absolute atomic E-state index is 0.0990. The summed E-state index contributed by atoms with van der Waals surface area (Å²) in [6.45, 7) is 6.35. The molecule has 1 unspecified atom stereocenters. The maximum Gasteiger partial charge on any atom is 0.100 e. The number of allylic oxidation sites excluding steroid dienone is 3. The van der Waals surface area contributed by atoms with Crippen LogP contribution in [0.5, 0.6) is 0 Å². The van der Waals surface area contributed by atoms with Crippen molar-refractivity contribution in [1.29, 1.82) is 0 Å². The summed E-state index contributed by atoms with van der Waals surface area (Å²) in [5, 5.41) is 10.1. The Kier molecular flexibility index (Phi) is 6.78. The highest BCUT2D eigenvalue weighted by Crippen LogP contribution is 2.06. The molecule has 0 fully saturated rings. The van der Waals surface area contributed by atoms with E-state index in [-0.39, 0.29) is 6.61 Å². The number of rotatable bonds is 5. The van der Waals surface area contributed by atoms with E-state index in [1.54, 1.807) is 6.08 Å². The lowest BCUT2D eigenvalue weighted by molar-refractivity contribution is 0.232. The normalized spacial score (nSPS) is 15.1. The summed E-state index contributed by atoms with van der Waals surface area (Å²) in [5.41, 5.74) is 0. The Morgan fingerprint density at radius 2 is 1.75 bits per heavy atom. The molecule has 0 aromatic rings. The molecule has 0 amide bonds. The summed E-state index contributed by atoms with van der Waals surface area (Å²) in [7, 11) is 0. The van der Waals surface area contributed by atoms with Gasteiger partial charge < -0.3 is 0 Å². The Bertz CT molecular complexity index is 145. The van der Waals surface area contributed by atoms with Gasteiger partial charge in [0.2, 0.25) is 0 Å². The zero-order valence-corrected chi connectivity index (χ0v) is 8.29. The zero-order valence-electron chi connectivity index (χ0n) is 8.29. The van der Waals surface area contributed by atoms with Crippen molar-refractivity contribution in [3.8, 4) is 0 Å². The van der Waals surface area contributed by atoms with E-state index < -0.39 is 0 Å². The van der Waals surface area contributed by atoms with Gasteiger partial charge in [0.25, 0.3) is 0 Å². The summed E-state index contributed by atoms with van der Waals surface area (Å²) in [6, 6.07) is 0. The van der Waals surface area contributed by atoms with Gasteiger partial charge in [0.05, 0.1) is 0 Å². The maximum atomic E-state index is 10.1. The predicted octanol–water partition coefficient (Wildman–Crippen LogP) is 3.21. The molecule has 1 nitrogen and oxygen atoms in total. The minimum atomic E-state index is -0.0990. The van der Waals surface area contributed by atoms with Crippen LogP contribution in [0.3, 0.4) is 0 Å². The Labute approximate surface area is 75.8 Å². The molecule has 0 aromatic carbocycles. The second-order valence-corrected chi connectivity index (χ2v) is 3.48. The van der Waals surface area contributed by atoms with Gasteiger partial charge in [-0.15, -0.1) is 0 Å². The van der Waals surface area contributed by atoms with Gasteiger partial charge in [0.15, 0.2) is 0 Å². The Hall–Kier alpha value is -0.560. The lowest BCUT2D eigenvalue weighted by atomic mass is 10.1. The highest BCUT2D eigenvalue weighted by molar-refractivity contribution is 4.92. The molecule has 1 heteroatoms. The molecule has 0 bridgehead atoms. The van der Waals surface area contributed by atoms with Gasteiger partial charge >= 0.3 is 0 Å². The molecule has 12 heavy (non-hydrogen) atoms. The third-order valence-corrected chi connectivity index (χ3v) is 1.59. The molecule has 0 rings (SSSR count). The fourth-order valence-corrected chi connectivity index (χ4v) is 0.932. The monoisotopic (exact) mass is 167 g/mol. The van der Waals surface area contributed by atoms with Gasteiger partial charge in [-0.25, -0.2) is 5.11 Å². The van der Waals surface area contributed by atoms with E-state index in [4.69, 9.17) is 0 Å². The van der Waals surface area contributed by atoms with Gasteiger partial charge in [-0.05, 0) is 18.3 Å². The smallest absolute Gasteiger partial charge is 0.100 e. The highest BCUT2D eigenvalue weighted by Gasteiger charge is 1.92.